The first-order chi connectivity index (χ1) is 6.73. The lowest BCUT2D eigenvalue weighted by Gasteiger charge is -2.16. The summed E-state index contributed by atoms with van der Waals surface area (Å²) >= 11 is 0. The fraction of sp³-hybridized carbons (Fsp3) is 0.818. The molecule has 0 aliphatic rings. The van der Waals surface area contributed by atoms with E-state index in [1.54, 1.807) is 0 Å². The van der Waals surface area contributed by atoms with Crippen molar-refractivity contribution in [2.45, 2.75) is 40.7 Å². The van der Waals surface area contributed by atoms with Gasteiger partial charge in [-0.05, 0) is 13.8 Å². The van der Waals surface area contributed by atoms with Gasteiger partial charge >= 0.3 is 0 Å². The third-order valence-electron chi connectivity index (χ3n) is 1.83. The second kappa shape index (κ2) is 5.85. The monoisotopic (exact) mass is 215 g/mol. The van der Waals surface area contributed by atoms with Gasteiger partial charge in [0, 0.05) is 5.41 Å². The number of amides is 1. The van der Waals surface area contributed by atoms with Crippen LogP contribution < -0.4 is 5.32 Å². The molecule has 0 radical (unpaired) electrons. The van der Waals surface area contributed by atoms with Gasteiger partial charge in [0.25, 0.3) is 0 Å². The molecule has 0 fully saturated rings. The fourth-order valence-electron chi connectivity index (χ4n) is 0.737. The van der Waals surface area contributed by atoms with Crippen molar-refractivity contribution in [2.24, 2.45) is 5.41 Å². The quantitative estimate of drug-likeness (QED) is 0.748. The van der Waals surface area contributed by atoms with Gasteiger partial charge in [0.1, 0.15) is 6.61 Å². The molecular formula is C11H21NO3. The average Bonchev–Trinajstić information content (AvgIpc) is 2.09. The molecule has 1 N–H and O–H groups in total. The number of rotatable bonds is 5. The van der Waals surface area contributed by atoms with Crippen LogP contribution in [0.1, 0.15) is 34.6 Å². The summed E-state index contributed by atoms with van der Waals surface area (Å²) in [7, 11) is 0. The molecule has 88 valence electrons. The Bertz CT molecular complexity index is 228. The van der Waals surface area contributed by atoms with Crippen molar-refractivity contribution in [3.8, 4) is 0 Å². The number of hydrogen-bond donors (Lipinski definition) is 1. The van der Waals surface area contributed by atoms with Crippen LogP contribution in [0, 0.1) is 5.41 Å². The van der Waals surface area contributed by atoms with Crippen LogP contribution in [-0.2, 0) is 14.3 Å². The summed E-state index contributed by atoms with van der Waals surface area (Å²) in [5, 5.41) is 2.53. The van der Waals surface area contributed by atoms with Crippen LogP contribution in [0.4, 0.5) is 0 Å². The second-order valence-corrected chi connectivity index (χ2v) is 4.81. The smallest absolute Gasteiger partial charge is 0.246 e. The van der Waals surface area contributed by atoms with Crippen LogP contribution in [0.5, 0.6) is 0 Å². The lowest BCUT2D eigenvalue weighted by Crippen LogP contribution is -2.37. The van der Waals surface area contributed by atoms with Crippen molar-refractivity contribution in [1.29, 1.82) is 0 Å². The number of hydrogen-bond acceptors (Lipinski definition) is 3. The first-order valence-corrected chi connectivity index (χ1v) is 5.15. The van der Waals surface area contributed by atoms with Crippen molar-refractivity contribution in [3.63, 3.8) is 0 Å². The largest absolute Gasteiger partial charge is 0.369 e. The van der Waals surface area contributed by atoms with Crippen LogP contribution in [0.25, 0.3) is 0 Å². The molecule has 0 bridgehead atoms. The van der Waals surface area contributed by atoms with E-state index in [2.05, 4.69) is 5.32 Å². The zero-order valence-corrected chi connectivity index (χ0v) is 10.2. The summed E-state index contributed by atoms with van der Waals surface area (Å²) in [6, 6.07) is 0. The van der Waals surface area contributed by atoms with E-state index in [0.29, 0.717) is 0 Å². The van der Waals surface area contributed by atoms with Crippen LogP contribution in [0.15, 0.2) is 0 Å². The number of Topliss-reactive ketones (excluding diaryl/α,β-unsaturated/α-hetero) is 1. The summed E-state index contributed by atoms with van der Waals surface area (Å²) in [5.41, 5.74) is -0.411. The Labute approximate surface area is 91.4 Å². The van der Waals surface area contributed by atoms with Crippen LogP contribution in [-0.4, -0.2) is 30.9 Å². The minimum Gasteiger partial charge on any atom is -0.369 e. The van der Waals surface area contributed by atoms with Crippen LogP contribution in [0.2, 0.25) is 0 Å². The zero-order chi connectivity index (χ0) is 12.1. The molecule has 0 aliphatic carbocycles. The van der Waals surface area contributed by atoms with Gasteiger partial charge in [-0.3, -0.25) is 9.59 Å². The second-order valence-electron chi connectivity index (χ2n) is 4.81. The molecule has 0 atom stereocenters. The first-order valence-electron chi connectivity index (χ1n) is 5.15. The molecule has 15 heavy (non-hydrogen) atoms. The lowest BCUT2D eigenvalue weighted by atomic mass is 9.91. The summed E-state index contributed by atoms with van der Waals surface area (Å²) in [4.78, 5) is 22.6. The average molecular weight is 215 g/mol. The molecule has 0 unspecified atom stereocenters. The highest BCUT2D eigenvalue weighted by atomic mass is 16.5. The molecule has 0 heterocycles. The van der Waals surface area contributed by atoms with Gasteiger partial charge in [-0.2, -0.15) is 0 Å². The summed E-state index contributed by atoms with van der Waals surface area (Å²) in [6.45, 7) is 9.27. The Hall–Kier alpha value is -0.900. The third kappa shape index (κ3) is 7.08. The van der Waals surface area contributed by atoms with Crippen molar-refractivity contribution in [1.82, 2.24) is 5.32 Å². The summed E-state index contributed by atoms with van der Waals surface area (Å²) in [5.74, 6) is -0.235. The summed E-state index contributed by atoms with van der Waals surface area (Å²) < 4.78 is 5.10. The number of nitrogens with one attached hydrogen (secondary N) is 1. The van der Waals surface area contributed by atoms with Crippen molar-refractivity contribution < 1.29 is 14.3 Å². The van der Waals surface area contributed by atoms with Gasteiger partial charge in [-0.1, -0.05) is 20.8 Å². The highest BCUT2D eigenvalue weighted by Crippen LogP contribution is 2.13. The Morgan fingerprint density at radius 1 is 1.27 bits per heavy atom. The van der Waals surface area contributed by atoms with Gasteiger partial charge in [-0.25, -0.2) is 0 Å². The van der Waals surface area contributed by atoms with Crippen molar-refractivity contribution >= 4 is 11.7 Å². The van der Waals surface area contributed by atoms with E-state index in [0.717, 1.165) is 0 Å². The minimum absolute atomic E-state index is 0.00902. The molecule has 4 heteroatoms. The number of ketones is 1. The molecular weight excluding hydrogens is 194 g/mol. The molecule has 1 amide bonds. The van der Waals surface area contributed by atoms with E-state index >= 15 is 0 Å². The van der Waals surface area contributed by atoms with Gasteiger partial charge in [0.2, 0.25) is 5.91 Å². The zero-order valence-electron chi connectivity index (χ0n) is 10.2. The van der Waals surface area contributed by atoms with Crippen LogP contribution >= 0.6 is 0 Å². The van der Waals surface area contributed by atoms with Crippen molar-refractivity contribution in [2.75, 3.05) is 13.2 Å². The van der Waals surface area contributed by atoms with E-state index in [1.807, 2.05) is 34.6 Å². The molecule has 0 spiro atoms. The third-order valence-corrected chi connectivity index (χ3v) is 1.83. The standard InChI is InChI=1S/C11H21NO3/c1-8(2)15-7-10(14)12-6-9(13)11(3,4)5/h8H,6-7H2,1-5H3,(H,12,14). The maximum Gasteiger partial charge on any atom is 0.246 e. The number of carbonyl (C=O) groups excluding carboxylic acids is 2. The molecule has 0 saturated heterocycles. The van der Waals surface area contributed by atoms with Crippen molar-refractivity contribution in [3.05, 3.63) is 0 Å². The van der Waals surface area contributed by atoms with E-state index in [-0.39, 0.29) is 30.9 Å². The Balaban J connectivity index is 3.77. The number of carbonyl (C=O) groups is 2. The molecule has 0 saturated carbocycles. The van der Waals surface area contributed by atoms with E-state index in [4.69, 9.17) is 4.74 Å². The van der Waals surface area contributed by atoms with Crippen LogP contribution in [0.3, 0.4) is 0 Å². The predicted octanol–water partition coefficient (Wildman–Crippen LogP) is 1.14. The maximum absolute atomic E-state index is 11.5. The van der Waals surface area contributed by atoms with Gasteiger partial charge in [0.05, 0.1) is 12.6 Å². The molecule has 0 aliphatic heterocycles. The Morgan fingerprint density at radius 2 is 1.80 bits per heavy atom. The molecule has 0 aromatic carbocycles. The normalized spacial score (nSPS) is 11.6. The topological polar surface area (TPSA) is 55.4 Å². The van der Waals surface area contributed by atoms with E-state index in [1.165, 1.54) is 0 Å². The van der Waals surface area contributed by atoms with E-state index < -0.39 is 5.41 Å². The highest BCUT2D eigenvalue weighted by Gasteiger charge is 2.21. The Kier molecular flexibility index (Phi) is 5.50. The molecule has 0 aromatic rings. The fourth-order valence-corrected chi connectivity index (χ4v) is 0.737. The maximum atomic E-state index is 11.5. The lowest BCUT2D eigenvalue weighted by molar-refractivity contribution is -0.131. The van der Waals surface area contributed by atoms with E-state index in [9.17, 15) is 9.59 Å². The molecule has 0 rings (SSSR count). The SMILES string of the molecule is CC(C)OCC(=O)NCC(=O)C(C)(C)C. The summed E-state index contributed by atoms with van der Waals surface area (Å²) in [6.07, 6.45) is 0.0223. The number of ether oxygens (including phenoxy) is 1. The first kappa shape index (κ1) is 14.1. The van der Waals surface area contributed by atoms with Gasteiger partial charge in [0.15, 0.2) is 5.78 Å². The highest BCUT2D eigenvalue weighted by molar-refractivity contribution is 5.89. The molecule has 4 nitrogen and oxygen atoms in total. The molecule has 0 aromatic heterocycles. The minimum atomic E-state index is -0.411. The Morgan fingerprint density at radius 3 is 2.20 bits per heavy atom. The van der Waals surface area contributed by atoms with Gasteiger partial charge in [-0.15, -0.1) is 0 Å². The van der Waals surface area contributed by atoms with Gasteiger partial charge < -0.3 is 10.1 Å². The predicted molar refractivity (Wildman–Crippen MR) is 58.6 cm³/mol.